The van der Waals surface area contributed by atoms with Crippen LogP contribution >= 0.6 is 11.6 Å². The lowest BCUT2D eigenvalue weighted by molar-refractivity contribution is -0.114. The molecule has 0 unspecified atom stereocenters. The molecule has 0 saturated carbocycles. The number of rotatable bonds is 2. The Morgan fingerprint density at radius 1 is 1.47 bits per heavy atom. The number of amides is 1. The summed E-state index contributed by atoms with van der Waals surface area (Å²) in [5, 5.41) is 3.27. The summed E-state index contributed by atoms with van der Waals surface area (Å²) < 4.78 is 0. The first kappa shape index (κ1) is 11.7. The van der Waals surface area contributed by atoms with Crippen molar-refractivity contribution in [1.82, 2.24) is 9.97 Å². The van der Waals surface area contributed by atoms with E-state index in [1.165, 1.54) is 6.92 Å². The monoisotopic (exact) mass is 249 g/mol. The number of nitrogens with zero attached hydrogens (tertiary/aromatic N) is 1. The van der Waals surface area contributed by atoms with Gasteiger partial charge in [0.1, 0.15) is 0 Å². The Morgan fingerprint density at radius 2 is 2.24 bits per heavy atom. The van der Waals surface area contributed by atoms with Crippen molar-refractivity contribution in [3.63, 3.8) is 0 Å². The number of nitrogens with one attached hydrogen (secondary N) is 2. The zero-order chi connectivity index (χ0) is 12.4. The number of aromatic amines is 1. The van der Waals surface area contributed by atoms with Gasteiger partial charge in [-0.15, -0.1) is 0 Å². The number of carbonyl (C=O) groups is 1. The maximum atomic E-state index is 10.9. The minimum absolute atomic E-state index is 0.156. The fourth-order valence-corrected chi connectivity index (χ4v) is 1.79. The van der Waals surface area contributed by atoms with Gasteiger partial charge in [0, 0.05) is 23.2 Å². The van der Waals surface area contributed by atoms with Crippen molar-refractivity contribution < 1.29 is 4.79 Å². The highest BCUT2D eigenvalue weighted by Crippen LogP contribution is 2.25. The maximum absolute atomic E-state index is 10.9. The van der Waals surface area contributed by atoms with Crippen molar-refractivity contribution in [2.24, 2.45) is 0 Å². The van der Waals surface area contributed by atoms with Gasteiger partial charge in [0.2, 0.25) is 11.9 Å². The summed E-state index contributed by atoms with van der Waals surface area (Å²) in [7, 11) is 0. The number of benzene rings is 1. The van der Waals surface area contributed by atoms with E-state index >= 15 is 0 Å². The van der Waals surface area contributed by atoms with Gasteiger partial charge >= 0.3 is 0 Å². The smallest absolute Gasteiger partial charge is 0.223 e. The van der Waals surface area contributed by atoms with Gasteiger partial charge in [-0.3, -0.25) is 10.1 Å². The molecule has 1 amide bonds. The molecule has 0 radical (unpaired) electrons. The number of H-pyrrole nitrogens is 1. The average molecular weight is 250 g/mol. The number of halogens is 1. The molecule has 1 heterocycles. The molecule has 2 rings (SSSR count). The molecule has 5 heteroatoms. The van der Waals surface area contributed by atoms with Crippen LogP contribution in [0.25, 0.3) is 11.3 Å². The molecule has 4 nitrogen and oxygen atoms in total. The van der Waals surface area contributed by atoms with Crippen LogP contribution < -0.4 is 5.32 Å². The summed E-state index contributed by atoms with van der Waals surface area (Å²) in [5.41, 5.74) is 2.59. The van der Waals surface area contributed by atoms with Gasteiger partial charge in [0.15, 0.2) is 0 Å². The second-order valence-corrected chi connectivity index (χ2v) is 4.19. The number of hydrogen-bond donors (Lipinski definition) is 2. The third-order valence-electron chi connectivity index (χ3n) is 2.28. The van der Waals surface area contributed by atoms with Crippen LogP contribution in [0.1, 0.15) is 12.6 Å². The minimum atomic E-state index is -0.156. The van der Waals surface area contributed by atoms with E-state index in [4.69, 9.17) is 11.6 Å². The zero-order valence-electron chi connectivity index (χ0n) is 9.54. The zero-order valence-corrected chi connectivity index (χ0v) is 10.3. The molecule has 0 aliphatic carbocycles. The summed E-state index contributed by atoms with van der Waals surface area (Å²) in [6.07, 6.45) is 0. The molecule has 2 aromatic rings. The topological polar surface area (TPSA) is 57.8 Å². The summed E-state index contributed by atoms with van der Waals surface area (Å²) in [6.45, 7) is 3.34. The van der Waals surface area contributed by atoms with E-state index in [2.05, 4.69) is 15.3 Å². The second-order valence-electron chi connectivity index (χ2n) is 3.75. The Morgan fingerprint density at radius 3 is 2.88 bits per heavy atom. The van der Waals surface area contributed by atoms with Gasteiger partial charge in [-0.25, -0.2) is 4.98 Å². The number of carbonyl (C=O) groups excluding carboxylic acids is 1. The number of imidazole rings is 1. The van der Waals surface area contributed by atoms with Crippen LogP contribution in [0.5, 0.6) is 0 Å². The Balaban J connectivity index is 2.39. The highest BCUT2D eigenvalue weighted by Gasteiger charge is 2.09. The van der Waals surface area contributed by atoms with E-state index in [0.717, 1.165) is 17.0 Å². The van der Waals surface area contributed by atoms with Crippen molar-refractivity contribution in [1.29, 1.82) is 0 Å². The van der Waals surface area contributed by atoms with Crippen LogP contribution in [0.3, 0.4) is 0 Å². The van der Waals surface area contributed by atoms with Crippen molar-refractivity contribution in [2.75, 3.05) is 5.32 Å². The molecule has 0 spiro atoms. The first-order valence-corrected chi connectivity index (χ1v) is 5.54. The fourth-order valence-electron chi connectivity index (χ4n) is 1.60. The quantitative estimate of drug-likeness (QED) is 0.860. The van der Waals surface area contributed by atoms with Crippen molar-refractivity contribution >= 4 is 23.5 Å². The van der Waals surface area contributed by atoms with E-state index in [1.807, 2.05) is 31.2 Å². The first-order valence-electron chi connectivity index (χ1n) is 5.16. The van der Waals surface area contributed by atoms with E-state index in [9.17, 15) is 4.79 Å². The molecule has 0 aliphatic heterocycles. The normalized spacial score (nSPS) is 10.3. The molecule has 17 heavy (non-hydrogen) atoms. The Labute approximate surface area is 104 Å². The lowest BCUT2D eigenvalue weighted by Crippen LogP contribution is -2.06. The standard InChI is InChI=1S/C12H12ClN3O/c1-7-11(9-4-3-5-10(13)6-9)16-12(14-7)15-8(2)17/h3-6H,1-2H3,(H2,14,15,16,17). The van der Waals surface area contributed by atoms with Crippen molar-refractivity contribution in [2.45, 2.75) is 13.8 Å². The predicted octanol–water partition coefficient (Wildman–Crippen LogP) is 3.00. The summed E-state index contributed by atoms with van der Waals surface area (Å²) >= 11 is 5.93. The third kappa shape index (κ3) is 2.65. The third-order valence-corrected chi connectivity index (χ3v) is 2.51. The van der Waals surface area contributed by atoms with Crippen LogP contribution in [-0.4, -0.2) is 15.9 Å². The number of hydrogen-bond acceptors (Lipinski definition) is 2. The maximum Gasteiger partial charge on any atom is 0.223 e. The van der Waals surface area contributed by atoms with Crippen LogP contribution in [0, 0.1) is 6.92 Å². The number of aryl methyl sites for hydroxylation is 1. The minimum Gasteiger partial charge on any atom is -0.328 e. The highest BCUT2D eigenvalue weighted by atomic mass is 35.5. The van der Waals surface area contributed by atoms with E-state index in [0.29, 0.717) is 11.0 Å². The van der Waals surface area contributed by atoms with Gasteiger partial charge in [-0.2, -0.15) is 0 Å². The lowest BCUT2D eigenvalue weighted by atomic mass is 10.1. The Kier molecular flexibility index (Phi) is 3.15. The summed E-state index contributed by atoms with van der Waals surface area (Å²) in [6, 6.07) is 7.43. The van der Waals surface area contributed by atoms with E-state index < -0.39 is 0 Å². The molecule has 0 aliphatic rings. The largest absolute Gasteiger partial charge is 0.328 e. The Hall–Kier alpha value is -1.81. The molecule has 0 fully saturated rings. The van der Waals surface area contributed by atoms with Gasteiger partial charge < -0.3 is 4.98 Å². The number of anilines is 1. The SMILES string of the molecule is CC(=O)Nc1nc(-c2cccc(Cl)c2)c(C)[nH]1. The Bertz CT molecular complexity index is 563. The van der Waals surface area contributed by atoms with Gasteiger partial charge in [0.05, 0.1) is 5.69 Å². The molecule has 0 bridgehead atoms. The summed E-state index contributed by atoms with van der Waals surface area (Å²) in [4.78, 5) is 18.3. The fraction of sp³-hybridized carbons (Fsp3) is 0.167. The van der Waals surface area contributed by atoms with E-state index in [1.54, 1.807) is 0 Å². The van der Waals surface area contributed by atoms with Gasteiger partial charge in [0.25, 0.3) is 0 Å². The number of aromatic nitrogens is 2. The predicted molar refractivity (Wildman–Crippen MR) is 68.1 cm³/mol. The second kappa shape index (κ2) is 4.59. The van der Waals surface area contributed by atoms with E-state index in [-0.39, 0.29) is 5.91 Å². The molecule has 0 saturated heterocycles. The van der Waals surface area contributed by atoms with Gasteiger partial charge in [-0.05, 0) is 19.1 Å². The molecular weight excluding hydrogens is 238 g/mol. The molecule has 0 atom stereocenters. The van der Waals surface area contributed by atoms with Crippen LogP contribution in [-0.2, 0) is 4.79 Å². The molecule has 1 aromatic heterocycles. The average Bonchev–Trinajstić information content (AvgIpc) is 2.58. The van der Waals surface area contributed by atoms with Crippen LogP contribution in [0.15, 0.2) is 24.3 Å². The molecule has 2 N–H and O–H groups in total. The molecular formula is C12H12ClN3O. The van der Waals surface area contributed by atoms with Crippen molar-refractivity contribution in [3.8, 4) is 11.3 Å². The van der Waals surface area contributed by atoms with Crippen molar-refractivity contribution in [3.05, 3.63) is 35.0 Å². The van der Waals surface area contributed by atoms with Crippen LogP contribution in [0.4, 0.5) is 5.95 Å². The molecule has 88 valence electrons. The highest BCUT2D eigenvalue weighted by molar-refractivity contribution is 6.30. The first-order chi connectivity index (χ1) is 8.06. The molecule has 1 aromatic carbocycles. The lowest BCUT2D eigenvalue weighted by Gasteiger charge is -1.98. The van der Waals surface area contributed by atoms with Gasteiger partial charge in [-0.1, -0.05) is 23.7 Å². The summed E-state index contributed by atoms with van der Waals surface area (Å²) in [5.74, 6) is 0.293. The van der Waals surface area contributed by atoms with Crippen LogP contribution in [0.2, 0.25) is 5.02 Å².